The van der Waals surface area contributed by atoms with Gasteiger partial charge in [0.2, 0.25) is 11.8 Å². The lowest BCUT2D eigenvalue weighted by atomic mass is 10.2. The molecule has 0 heterocycles. The van der Waals surface area contributed by atoms with Crippen molar-refractivity contribution in [1.82, 2.24) is 0 Å². The summed E-state index contributed by atoms with van der Waals surface area (Å²) in [6, 6.07) is 24.3. The van der Waals surface area contributed by atoms with Crippen LogP contribution in [-0.4, -0.2) is 22.8 Å². The predicted molar refractivity (Wildman–Crippen MR) is 123 cm³/mol. The minimum atomic E-state index is -0.367. The smallest absolute Gasteiger partial charge is 0.237 e. The van der Waals surface area contributed by atoms with E-state index < -0.39 is 0 Å². The molecule has 3 rings (SSSR count). The number of anilines is 2. The number of para-hydroxylation sites is 1. The molecular weight excluding hydrogens is 396 g/mol. The van der Waals surface area contributed by atoms with Crippen molar-refractivity contribution in [2.24, 2.45) is 0 Å². The highest BCUT2D eigenvalue weighted by Crippen LogP contribution is 2.23. The highest BCUT2D eigenvalue weighted by molar-refractivity contribution is 8.01. The molecule has 0 saturated heterocycles. The van der Waals surface area contributed by atoms with Gasteiger partial charge in [-0.25, -0.2) is 0 Å². The molecule has 1 atom stereocenters. The number of hydrogen-bond donors (Lipinski definition) is 2. The maximum Gasteiger partial charge on any atom is 0.237 e. The fourth-order valence-electron chi connectivity index (χ4n) is 2.59. The zero-order valence-corrected chi connectivity index (χ0v) is 17.7. The summed E-state index contributed by atoms with van der Waals surface area (Å²) in [5, 5.41) is 5.33. The van der Waals surface area contributed by atoms with Crippen LogP contribution in [0.2, 0.25) is 0 Å². The van der Waals surface area contributed by atoms with Crippen LogP contribution in [0.4, 0.5) is 11.4 Å². The topological polar surface area (TPSA) is 67.4 Å². The van der Waals surface area contributed by atoms with E-state index in [2.05, 4.69) is 10.6 Å². The van der Waals surface area contributed by atoms with Gasteiger partial charge in [-0.2, -0.15) is 0 Å². The summed E-state index contributed by atoms with van der Waals surface area (Å²) in [4.78, 5) is 24.5. The van der Waals surface area contributed by atoms with Crippen LogP contribution in [0.25, 0.3) is 0 Å². The minimum absolute atomic E-state index is 0.133. The Morgan fingerprint density at radius 1 is 0.833 bits per heavy atom. The summed E-state index contributed by atoms with van der Waals surface area (Å²) in [5.74, 6) is 1.36. The van der Waals surface area contributed by atoms with E-state index in [-0.39, 0.29) is 22.8 Å². The van der Waals surface area contributed by atoms with Crippen molar-refractivity contribution in [2.45, 2.75) is 19.1 Å². The van der Waals surface area contributed by atoms with Crippen molar-refractivity contribution in [3.8, 4) is 11.5 Å². The number of rotatable bonds is 8. The third kappa shape index (κ3) is 6.67. The quantitative estimate of drug-likeness (QED) is 0.506. The number of carbonyl (C=O) groups excluding carboxylic acids is 2. The number of benzene rings is 3. The van der Waals surface area contributed by atoms with Gasteiger partial charge < -0.3 is 15.4 Å². The third-order valence-electron chi connectivity index (χ3n) is 4.27. The monoisotopic (exact) mass is 420 g/mol. The molecule has 154 valence electrons. The van der Waals surface area contributed by atoms with E-state index in [4.69, 9.17) is 4.74 Å². The van der Waals surface area contributed by atoms with Crippen molar-refractivity contribution in [3.05, 3.63) is 84.4 Å². The van der Waals surface area contributed by atoms with Crippen molar-refractivity contribution in [1.29, 1.82) is 0 Å². The van der Waals surface area contributed by atoms with Gasteiger partial charge in [-0.3, -0.25) is 9.59 Å². The first-order valence-electron chi connectivity index (χ1n) is 9.61. The molecule has 3 aromatic rings. The predicted octanol–water partition coefficient (Wildman–Crippen LogP) is 5.49. The van der Waals surface area contributed by atoms with E-state index in [1.165, 1.54) is 11.8 Å². The van der Waals surface area contributed by atoms with Gasteiger partial charge in [-0.05, 0) is 62.4 Å². The van der Waals surface area contributed by atoms with Gasteiger partial charge in [-0.1, -0.05) is 35.9 Å². The lowest BCUT2D eigenvalue weighted by Crippen LogP contribution is -2.25. The molecule has 0 bridgehead atoms. The summed E-state index contributed by atoms with van der Waals surface area (Å²) in [7, 11) is 0. The maximum absolute atomic E-state index is 12.4. The Kier molecular flexibility index (Phi) is 7.51. The molecule has 1 unspecified atom stereocenters. The standard InChI is InChI=1S/C24H24N2O3S/c1-17-8-10-19(11-9-17)25-23(27)16-30-18(2)24(28)26-20-12-14-22(15-13-20)29-21-6-4-3-5-7-21/h3-15,18H,16H2,1-2H3,(H,25,27)(H,26,28). The molecule has 0 aliphatic rings. The second kappa shape index (κ2) is 10.5. The fourth-order valence-corrected chi connectivity index (χ4v) is 3.27. The van der Waals surface area contributed by atoms with Gasteiger partial charge in [0.05, 0.1) is 11.0 Å². The minimum Gasteiger partial charge on any atom is -0.457 e. The molecule has 0 spiro atoms. The molecule has 0 aliphatic heterocycles. The van der Waals surface area contributed by atoms with Crippen LogP contribution in [-0.2, 0) is 9.59 Å². The molecule has 2 amide bonds. The van der Waals surface area contributed by atoms with Crippen LogP contribution >= 0.6 is 11.8 Å². The van der Waals surface area contributed by atoms with Crippen molar-refractivity contribution >= 4 is 35.0 Å². The highest BCUT2D eigenvalue weighted by atomic mass is 32.2. The zero-order chi connectivity index (χ0) is 21.3. The third-order valence-corrected chi connectivity index (χ3v) is 5.41. The molecule has 0 saturated carbocycles. The second-order valence-corrected chi connectivity index (χ2v) is 8.13. The van der Waals surface area contributed by atoms with Gasteiger partial charge in [0.25, 0.3) is 0 Å². The number of hydrogen-bond acceptors (Lipinski definition) is 4. The molecule has 0 fully saturated rings. The SMILES string of the molecule is Cc1ccc(NC(=O)CSC(C)C(=O)Nc2ccc(Oc3ccccc3)cc2)cc1. The van der Waals surface area contributed by atoms with E-state index in [1.807, 2.05) is 61.5 Å². The summed E-state index contributed by atoms with van der Waals surface area (Å²) < 4.78 is 5.74. The summed E-state index contributed by atoms with van der Waals surface area (Å²) in [6.07, 6.45) is 0. The number of thioether (sulfide) groups is 1. The fraction of sp³-hybridized carbons (Fsp3) is 0.167. The summed E-state index contributed by atoms with van der Waals surface area (Å²) in [5.41, 5.74) is 2.56. The molecular formula is C24H24N2O3S. The zero-order valence-electron chi connectivity index (χ0n) is 16.9. The molecule has 6 heteroatoms. The van der Waals surface area contributed by atoms with Crippen LogP contribution < -0.4 is 15.4 Å². The Bertz CT molecular complexity index is 974. The van der Waals surface area contributed by atoms with Gasteiger partial charge in [-0.15, -0.1) is 11.8 Å². The largest absolute Gasteiger partial charge is 0.457 e. The molecule has 0 radical (unpaired) electrons. The van der Waals surface area contributed by atoms with E-state index in [0.29, 0.717) is 11.4 Å². The van der Waals surface area contributed by atoms with Crippen molar-refractivity contribution < 1.29 is 14.3 Å². The molecule has 30 heavy (non-hydrogen) atoms. The number of carbonyl (C=O) groups is 2. The Morgan fingerprint density at radius 3 is 2.07 bits per heavy atom. The molecule has 3 aromatic carbocycles. The van der Waals surface area contributed by atoms with Crippen LogP contribution in [0.15, 0.2) is 78.9 Å². The molecule has 0 aromatic heterocycles. The Hall–Kier alpha value is -3.25. The Morgan fingerprint density at radius 2 is 1.40 bits per heavy atom. The average Bonchev–Trinajstić information content (AvgIpc) is 2.76. The first-order chi connectivity index (χ1) is 14.5. The van der Waals surface area contributed by atoms with Crippen LogP contribution in [0.3, 0.4) is 0 Å². The molecule has 0 aliphatic carbocycles. The first-order valence-corrected chi connectivity index (χ1v) is 10.7. The first kappa shape index (κ1) is 21.5. The number of nitrogens with one attached hydrogen (secondary N) is 2. The summed E-state index contributed by atoms with van der Waals surface area (Å²) >= 11 is 1.29. The normalized spacial score (nSPS) is 11.4. The van der Waals surface area contributed by atoms with Crippen molar-refractivity contribution in [3.63, 3.8) is 0 Å². The van der Waals surface area contributed by atoms with E-state index >= 15 is 0 Å². The van der Waals surface area contributed by atoms with Crippen molar-refractivity contribution in [2.75, 3.05) is 16.4 Å². The van der Waals surface area contributed by atoms with Gasteiger partial charge in [0.15, 0.2) is 0 Å². The van der Waals surface area contributed by atoms with E-state index in [1.54, 1.807) is 31.2 Å². The lowest BCUT2D eigenvalue weighted by molar-refractivity contribution is -0.115. The second-order valence-electron chi connectivity index (χ2n) is 6.80. The molecule has 2 N–H and O–H groups in total. The van der Waals surface area contributed by atoms with Crippen LogP contribution in [0, 0.1) is 6.92 Å². The van der Waals surface area contributed by atoms with E-state index in [9.17, 15) is 9.59 Å². The number of aryl methyl sites for hydroxylation is 1. The molecule has 5 nitrogen and oxygen atoms in total. The average molecular weight is 421 g/mol. The summed E-state index contributed by atoms with van der Waals surface area (Å²) in [6.45, 7) is 3.78. The maximum atomic E-state index is 12.4. The Labute approximate surface area is 180 Å². The van der Waals surface area contributed by atoms with Crippen LogP contribution in [0.5, 0.6) is 11.5 Å². The van der Waals surface area contributed by atoms with Gasteiger partial charge in [0, 0.05) is 11.4 Å². The number of ether oxygens (including phenoxy) is 1. The van der Waals surface area contributed by atoms with Gasteiger partial charge in [0.1, 0.15) is 11.5 Å². The van der Waals surface area contributed by atoms with Crippen LogP contribution in [0.1, 0.15) is 12.5 Å². The van der Waals surface area contributed by atoms with E-state index in [0.717, 1.165) is 17.0 Å². The number of amides is 2. The lowest BCUT2D eigenvalue weighted by Gasteiger charge is -2.13. The Balaban J connectivity index is 1.44. The highest BCUT2D eigenvalue weighted by Gasteiger charge is 2.15. The van der Waals surface area contributed by atoms with Gasteiger partial charge >= 0.3 is 0 Å².